The Balaban J connectivity index is 3.66. The lowest BCUT2D eigenvalue weighted by Gasteiger charge is -2.02. The molecule has 0 unspecified atom stereocenters. The fraction of sp³-hybridized carbons (Fsp3) is 0. The van der Waals surface area contributed by atoms with Crippen molar-refractivity contribution in [1.29, 1.82) is 0 Å². The topological polar surface area (TPSA) is 34.1 Å². The maximum Gasteiger partial charge on any atom is 0.198 e. The Morgan fingerprint density at radius 1 is 1.00 bits per heavy atom. The fourth-order valence-electron chi connectivity index (χ4n) is 0.777. The minimum absolute atomic E-state index is 0.0378. The van der Waals surface area contributed by atoms with E-state index < -0.39 is 38.0 Å². The summed E-state index contributed by atoms with van der Waals surface area (Å²) in [5.41, 5.74) is 0. The molecular formula is C7H3F4O2S. The van der Waals surface area contributed by atoms with Gasteiger partial charge in [0.15, 0.2) is 33.1 Å². The number of halogens is 4. The van der Waals surface area contributed by atoms with Crippen LogP contribution >= 0.6 is 0 Å². The highest BCUT2D eigenvalue weighted by molar-refractivity contribution is 7.92. The van der Waals surface area contributed by atoms with Crippen molar-refractivity contribution in [1.82, 2.24) is 0 Å². The van der Waals surface area contributed by atoms with E-state index in [9.17, 15) is 26.0 Å². The number of sulfone groups is 1. The van der Waals surface area contributed by atoms with Crippen molar-refractivity contribution < 1.29 is 26.0 Å². The zero-order chi connectivity index (χ0) is 11.1. The Bertz CT molecular complexity index is 481. The van der Waals surface area contributed by atoms with E-state index in [1.807, 2.05) is 0 Å². The molecule has 0 bridgehead atoms. The molecule has 0 N–H and O–H groups in total. The van der Waals surface area contributed by atoms with Gasteiger partial charge in [-0.25, -0.2) is 26.0 Å². The van der Waals surface area contributed by atoms with Crippen molar-refractivity contribution in [2.75, 3.05) is 0 Å². The average Bonchev–Trinajstić information content (AvgIpc) is 2.06. The molecule has 0 aliphatic heterocycles. The van der Waals surface area contributed by atoms with Crippen LogP contribution in [0.15, 0.2) is 11.0 Å². The molecule has 0 saturated carbocycles. The molecule has 0 saturated heterocycles. The lowest BCUT2D eigenvalue weighted by Crippen LogP contribution is -2.05. The third kappa shape index (κ3) is 1.72. The molecule has 0 heterocycles. The lowest BCUT2D eigenvalue weighted by atomic mass is 10.3. The van der Waals surface area contributed by atoms with Gasteiger partial charge >= 0.3 is 0 Å². The van der Waals surface area contributed by atoms with Crippen molar-refractivity contribution in [2.24, 2.45) is 0 Å². The Morgan fingerprint density at radius 3 is 1.93 bits per heavy atom. The minimum atomic E-state index is -4.37. The van der Waals surface area contributed by atoms with Gasteiger partial charge in [0.05, 0.1) is 6.26 Å². The number of hydrogen-bond donors (Lipinski definition) is 0. The summed E-state index contributed by atoms with van der Waals surface area (Å²) in [5, 5.41) is 0. The van der Waals surface area contributed by atoms with Crippen molar-refractivity contribution in [3.8, 4) is 0 Å². The summed E-state index contributed by atoms with van der Waals surface area (Å²) < 4.78 is 71.4. The zero-order valence-corrected chi connectivity index (χ0v) is 7.34. The Morgan fingerprint density at radius 2 is 1.50 bits per heavy atom. The van der Waals surface area contributed by atoms with Crippen LogP contribution in [0.2, 0.25) is 0 Å². The number of rotatable bonds is 1. The van der Waals surface area contributed by atoms with Gasteiger partial charge in [-0.05, 0) is 6.07 Å². The smallest absolute Gasteiger partial charge is 0.198 e. The van der Waals surface area contributed by atoms with E-state index in [1.54, 1.807) is 0 Å². The zero-order valence-electron chi connectivity index (χ0n) is 6.52. The summed E-state index contributed by atoms with van der Waals surface area (Å²) in [7, 11) is -4.37. The van der Waals surface area contributed by atoms with E-state index in [1.165, 1.54) is 0 Å². The molecule has 0 aromatic heterocycles. The normalized spacial score (nSPS) is 11.8. The van der Waals surface area contributed by atoms with E-state index in [0.717, 1.165) is 0 Å². The summed E-state index contributed by atoms with van der Waals surface area (Å²) in [6, 6.07) is 0.0378. The highest BCUT2D eigenvalue weighted by Crippen LogP contribution is 2.22. The number of benzene rings is 1. The maximum absolute atomic E-state index is 12.7. The highest BCUT2D eigenvalue weighted by atomic mass is 32.2. The van der Waals surface area contributed by atoms with Crippen LogP contribution in [0.3, 0.4) is 0 Å². The van der Waals surface area contributed by atoms with Gasteiger partial charge in [-0.2, -0.15) is 0 Å². The maximum atomic E-state index is 12.7. The molecule has 0 aliphatic rings. The van der Waals surface area contributed by atoms with Crippen LogP contribution in [0.25, 0.3) is 0 Å². The van der Waals surface area contributed by atoms with Crippen molar-refractivity contribution in [3.05, 3.63) is 35.6 Å². The molecule has 1 aromatic rings. The van der Waals surface area contributed by atoms with E-state index in [-0.39, 0.29) is 6.07 Å². The molecule has 1 radical (unpaired) electrons. The van der Waals surface area contributed by atoms with E-state index in [0.29, 0.717) is 0 Å². The summed E-state index contributed by atoms with van der Waals surface area (Å²) >= 11 is 0. The van der Waals surface area contributed by atoms with Crippen molar-refractivity contribution in [3.63, 3.8) is 0 Å². The second-order valence-electron chi connectivity index (χ2n) is 2.41. The molecule has 0 atom stereocenters. The van der Waals surface area contributed by atoms with Gasteiger partial charge in [-0.1, -0.05) is 0 Å². The molecule has 77 valence electrons. The molecule has 7 heteroatoms. The van der Waals surface area contributed by atoms with Gasteiger partial charge in [0, 0.05) is 0 Å². The standard InChI is InChI=1S/C7H3F4O2S/c1-14(12,13)4-2-3(8)5(9)7(11)6(4)10/h2H,1H2. The van der Waals surface area contributed by atoms with E-state index in [2.05, 4.69) is 6.26 Å². The largest absolute Gasteiger partial charge is 0.224 e. The van der Waals surface area contributed by atoms with E-state index in [4.69, 9.17) is 0 Å². The summed E-state index contributed by atoms with van der Waals surface area (Å²) in [5.74, 6) is -7.99. The second-order valence-corrected chi connectivity index (χ2v) is 4.08. The van der Waals surface area contributed by atoms with Crippen LogP contribution in [0, 0.1) is 29.5 Å². The van der Waals surface area contributed by atoms with Crippen LogP contribution in [0.1, 0.15) is 0 Å². The molecule has 14 heavy (non-hydrogen) atoms. The third-order valence-corrected chi connectivity index (χ3v) is 2.37. The fourth-order valence-corrected chi connectivity index (χ4v) is 1.42. The van der Waals surface area contributed by atoms with Crippen LogP contribution in [0.4, 0.5) is 17.6 Å². The first kappa shape index (κ1) is 11.0. The Kier molecular flexibility index (Phi) is 2.53. The average molecular weight is 227 g/mol. The highest BCUT2D eigenvalue weighted by Gasteiger charge is 2.24. The van der Waals surface area contributed by atoms with E-state index >= 15 is 0 Å². The Hall–Kier alpha value is -1.11. The minimum Gasteiger partial charge on any atom is -0.224 e. The third-order valence-electron chi connectivity index (χ3n) is 1.40. The summed E-state index contributed by atoms with van der Waals surface area (Å²) in [4.78, 5) is -1.31. The van der Waals surface area contributed by atoms with Crippen LogP contribution < -0.4 is 0 Å². The molecule has 0 amide bonds. The van der Waals surface area contributed by atoms with Gasteiger partial charge in [0.25, 0.3) is 0 Å². The quantitative estimate of drug-likeness (QED) is 0.317. The van der Waals surface area contributed by atoms with Gasteiger partial charge in [-0.3, -0.25) is 0 Å². The first-order valence-corrected chi connectivity index (χ1v) is 4.81. The Labute approximate surface area is 77.1 Å². The molecule has 0 spiro atoms. The van der Waals surface area contributed by atoms with Gasteiger partial charge in [0.1, 0.15) is 4.90 Å². The van der Waals surface area contributed by atoms with Gasteiger partial charge in [0.2, 0.25) is 0 Å². The lowest BCUT2D eigenvalue weighted by molar-refractivity contribution is 0.396. The SMILES string of the molecule is [CH2]S(=O)(=O)c1cc(F)c(F)c(F)c1F. The summed E-state index contributed by atoms with van der Waals surface area (Å²) in [6.07, 6.45) is 2.49. The van der Waals surface area contributed by atoms with Gasteiger partial charge < -0.3 is 0 Å². The number of hydrogen-bond acceptors (Lipinski definition) is 2. The predicted octanol–water partition coefficient (Wildman–Crippen LogP) is 1.81. The predicted molar refractivity (Wildman–Crippen MR) is 38.8 cm³/mol. The second kappa shape index (κ2) is 3.23. The monoisotopic (exact) mass is 227 g/mol. The molecular weight excluding hydrogens is 224 g/mol. The van der Waals surface area contributed by atoms with Crippen LogP contribution in [0.5, 0.6) is 0 Å². The van der Waals surface area contributed by atoms with Crippen LogP contribution in [-0.2, 0) is 9.84 Å². The molecule has 2 nitrogen and oxygen atoms in total. The first-order valence-electron chi connectivity index (χ1n) is 3.16. The van der Waals surface area contributed by atoms with Crippen LogP contribution in [-0.4, -0.2) is 8.42 Å². The van der Waals surface area contributed by atoms with Gasteiger partial charge in [-0.15, -0.1) is 0 Å². The molecule has 1 rings (SSSR count). The summed E-state index contributed by atoms with van der Waals surface area (Å²) in [6.45, 7) is 0. The molecule has 0 aliphatic carbocycles. The van der Waals surface area contributed by atoms with Crippen molar-refractivity contribution >= 4 is 9.84 Å². The van der Waals surface area contributed by atoms with Crippen molar-refractivity contribution in [2.45, 2.75) is 4.90 Å². The molecule has 0 fully saturated rings. The first-order chi connectivity index (χ1) is 6.25. The molecule has 1 aromatic carbocycles.